The van der Waals surface area contributed by atoms with Crippen LogP contribution >= 0.6 is 0 Å². The number of nitrogens with zero attached hydrogens (tertiary/aromatic N) is 2. The van der Waals surface area contributed by atoms with E-state index >= 15 is 0 Å². The molecule has 1 aliphatic heterocycles. The Bertz CT molecular complexity index is 925. The van der Waals surface area contributed by atoms with Crippen molar-refractivity contribution in [3.8, 4) is 16.9 Å². The molecule has 0 amide bonds. The van der Waals surface area contributed by atoms with Crippen LogP contribution in [0.15, 0.2) is 30.6 Å². The summed E-state index contributed by atoms with van der Waals surface area (Å²) in [6, 6.07) is 6.85. The van der Waals surface area contributed by atoms with Gasteiger partial charge in [-0.3, -0.25) is 4.90 Å². The molecule has 0 spiro atoms. The normalized spacial score (nSPS) is 13.8. The molecule has 1 aliphatic rings. The van der Waals surface area contributed by atoms with E-state index in [-0.39, 0.29) is 0 Å². The molecule has 3 aromatic rings. The molecule has 1 aromatic carbocycles. The fourth-order valence-electron chi connectivity index (χ4n) is 3.83. The number of fused-ring (bicyclic) bond motifs is 2. The lowest BCUT2D eigenvalue weighted by atomic mass is 9.95. The zero-order chi connectivity index (χ0) is 18.1. The highest BCUT2D eigenvalue weighted by molar-refractivity contribution is 5.84. The average Bonchev–Trinajstić information content (AvgIpc) is 3.06. The van der Waals surface area contributed by atoms with Crippen LogP contribution in [0.4, 0.5) is 0 Å². The molecule has 2 aromatic heterocycles. The average molecular weight is 349 g/mol. The maximum absolute atomic E-state index is 6.07. The maximum Gasteiger partial charge on any atom is 0.137 e. The van der Waals surface area contributed by atoms with Crippen molar-refractivity contribution < 1.29 is 4.74 Å². The first-order chi connectivity index (χ1) is 12.7. The Morgan fingerprint density at radius 3 is 2.81 bits per heavy atom. The molecule has 0 unspecified atom stereocenters. The summed E-state index contributed by atoms with van der Waals surface area (Å²) in [5.74, 6) is 1.11. The number of aryl methyl sites for hydroxylation is 2. The lowest BCUT2D eigenvalue weighted by Gasteiger charge is -2.25. The van der Waals surface area contributed by atoms with Crippen LogP contribution in [0.2, 0.25) is 0 Å². The standard InChI is InChI=1S/C22H27N3O/c1-4-25(5-2)14-19-10-17(9-16-7-6-8-26-21(16)19)18-11-20-15(3)12-23-22(20)24-13-18/h9-13H,4-8,14H2,1-3H3,(H,23,24). The first-order valence-corrected chi connectivity index (χ1v) is 9.64. The van der Waals surface area contributed by atoms with Crippen molar-refractivity contribution >= 4 is 11.0 Å². The topological polar surface area (TPSA) is 41.2 Å². The molecule has 0 fully saturated rings. The van der Waals surface area contributed by atoms with E-state index in [2.05, 4.69) is 53.8 Å². The summed E-state index contributed by atoms with van der Waals surface area (Å²) >= 11 is 0. The van der Waals surface area contributed by atoms with Crippen LogP contribution < -0.4 is 4.74 Å². The van der Waals surface area contributed by atoms with Crippen molar-refractivity contribution in [1.82, 2.24) is 14.9 Å². The van der Waals surface area contributed by atoms with E-state index in [1.165, 1.54) is 33.2 Å². The molecule has 26 heavy (non-hydrogen) atoms. The van der Waals surface area contributed by atoms with Gasteiger partial charge in [0.25, 0.3) is 0 Å². The number of benzene rings is 1. The number of H-pyrrole nitrogens is 1. The molecule has 1 N–H and O–H groups in total. The molecule has 0 saturated carbocycles. The number of pyridine rings is 1. The van der Waals surface area contributed by atoms with Crippen molar-refractivity contribution in [2.24, 2.45) is 0 Å². The largest absolute Gasteiger partial charge is 0.493 e. The monoisotopic (exact) mass is 349 g/mol. The number of hydrogen-bond donors (Lipinski definition) is 1. The van der Waals surface area contributed by atoms with Crippen LogP contribution in [0, 0.1) is 6.92 Å². The molecule has 136 valence electrons. The first-order valence-electron chi connectivity index (χ1n) is 9.64. The highest BCUT2D eigenvalue weighted by atomic mass is 16.5. The molecule has 0 aliphatic carbocycles. The number of hydrogen-bond acceptors (Lipinski definition) is 3. The third kappa shape index (κ3) is 3.10. The molecule has 0 radical (unpaired) electrons. The molecule has 4 heteroatoms. The molecule has 3 heterocycles. The SMILES string of the molecule is CCN(CC)Cc1cc(-c2cnc3[nH]cc(C)c3c2)cc2c1OCCC2. The van der Waals surface area contributed by atoms with Crippen molar-refractivity contribution in [1.29, 1.82) is 0 Å². The third-order valence-electron chi connectivity index (χ3n) is 5.44. The summed E-state index contributed by atoms with van der Waals surface area (Å²) in [7, 11) is 0. The molecule has 4 rings (SSSR count). The smallest absolute Gasteiger partial charge is 0.137 e. The lowest BCUT2D eigenvalue weighted by Crippen LogP contribution is -2.23. The summed E-state index contributed by atoms with van der Waals surface area (Å²) < 4.78 is 6.07. The Morgan fingerprint density at radius 1 is 1.15 bits per heavy atom. The number of aromatic amines is 1. The van der Waals surface area contributed by atoms with E-state index in [4.69, 9.17) is 4.74 Å². The maximum atomic E-state index is 6.07. The molecule has 0 bridgehead atoms. The van der Waals surface area contributed by atoms with E-state index in [1.807, 2.05) is 12.4 Å². The van der Waals surface area contributed by atoms with Gasteiger partial charge in [0.1, 0.15) is 11.4 Å². The summed E-state index contributed by atoms with van der Waals surface area (Å²) in [4.78, 5) is 10.3. The van der Waals surface area contributed by atoms with Crippen molar-refractivity contribution in [3.05, 3.63) is 47.3 Å². The van der Waals surface area contributed by atoms with Gasteiger partial charge in [0, 0.05) is 35.5 Å². The summed E-state index contributed by atoms with van der Waals surface area (Å²) in [5, 5.41) is 1.20. The van der Waals surface area contributed by atoms with Gasteiger partial charge < -0.3 is 9.72 Å². The van der Waals surface area contributed by atoms with E-state index in [0.717, 1.165) is 50.5 Å². The van der Waals surface area contributed by atoms with Gasteiger partial charge in [-0.15, -0.1) is 0 Å². The number of nitrogens with one attached hydrogen (secondary N) is 1. The van der Waals surface area contributed by atoms with Crippen LogP contribution in [0.5, 0.6) is 5.75 Å². The number of ether oxygens (including phenoxy) is 1. The predicted molar refractivity (Wildman–Crippen MR) is 107 cm³/mol. The van der Waals surface area contributed by atoms with E-state index in [1.54, 1.807) is 0 Å². The van der Waals surface area contributed by atoms with Gasteiger partial charge in [-0.2, -0.15) is 0 Å². The van der Waals surface area contributed by atoms with E-state index < -0.39 is 0 Å². The lowest BCUT2D eigenvalue weighted by molar-refractivity contribution is 0.263. The van der Waals surface area contributed by atoms with Gasteiger partial charge in [0.2, 0.25) is 0 Å². The fourth-order valence-corrected chi connectivity index (χ4v) is 3.83. The van der Waals surface area contributed by atoms with Gasteiger partial charge >= 0.3 is 0 Å². The van der Waals surface area contributed by atoms with Crippen LogP contribution in [0.1, 0.15) is 37.0 Å². The summed E-state index contributed by atoms with van der Waals surface area (Å²) in [6.45, 7) is 10.4. The van der Waals surface area contributed by atoms with Gasteiger partial charge in [-0.25, -0.2) is 4.98 Å². The predicted octanol–water partition coefficient (Wildman–Crippen LogP) is 4.71. The second kappa shape index (κ2) is 7.12. The first kappa shape index (κ1) is 17.1. The Morgan fingerprint density at radius 2 is 2.00 bits per heavy atom. The Labute approximate surface area is 155 Å². The molecular formula is C22H27N3O. The second-order valence-electron chi connectivity index (χ2n) is 7.13. The molecule has 0 atom stereocenters. The zero-order valence-corrected chi connectivity index (χ0v) is 15.9. The van der Waals surface area contributed by atoms with E-state index in [0.29, 0.717) is 0 Å². The van der Waals surface area contributed by atoms with Crippen molar-refractivity contribution in [2.75, 3.05) is 19.7 Å². The van der Waals surface area contributed by atoms with Gasteiger partial charge in [-0.05, 0) is 67.7 Å². The molecular weight excluding hydrogens is 322 g/mol. The van der Waals surface area contributed by atoms with Crippen molar-refractivity contribution in [2.45, 2.75) is 40.2 Å². The Balaban J connectivity index is 1.80. The highest BCUT2D eigenvalue weighted by Crippen LogP contribution is 2.35. The molecule has 0 saturated heterocycles. The third-order valence-corrected chi connectivity index (χ3v) is 5.44. The second-order valence-corrected chi connectivity index (χ2v) is 7.13. The minimum absolute atomic E-state index is 0.827. The summed E-state index contributed by atoms with van der Waals surface area (Å²) in [5.41, 5.74) is 7.24. The minimum atomic E-state index is 0.827. The van der Waals surface area contributed by atoms with Crippen LogP contribution in [0.25, 0.3) is 22.2 Å². The Kier molecular flexibility index (Phi) is 4.68. The summed E-state index contributed by atoms with van der Waals surface area (Å²) in [6.07, 6.45) is 6.18. The van der Waals surface area contributed by atoms with E-state index in [9.17, 15) is 0 Å². The van der Waals surface area contributed by atoms with Crippen molar-refractivity contribution in [3.63, 3.8) is 0 Å². The molecule has 4 nitrogen and oxygen atoms in total. The number of rotatable bonds is 5. The highest BCUT2D eigenvalue weighted by Gasteiger charge is 2.18. The number of aromatic nitrogens is 2. The zero-order valence-electron chi connectivity index (χ0n) is 15.9. The van der Waals surface area contributed by atoms with Crippen LogP contribution in [-0.4, -0.2) is 34.6 Å². The Hall–Kier alpha value is -2.33. The van der Waals surface area contributed by atoms with Gasteiger partial charge in [-0.1, -0.05) is 13.8 Å². The van der Waals surface area contributed by atoms with Gasteiger partial charge in [0.15, 0.2) is 0 Å². The minimum Gasteiger partial charge on any atom is -0.493 e. The quantitative estimate of drug-likeness (QED) is 0.725. The van der Waals surface area contributed by atoms with Gasteiger partial charge in [0.05, 0.1) is 6.61 Å². The fraction of sp³-hybridized carbons (Fsp3) is 0.409. The van der Waals surface area contributed by atoms with Crippen LogP contribution in [-0.2, 0) is 13.0 Å². The van der Waals surface area contributed by atoms with Crippen LogP contribution in [0.3, 0.4) is 0 Å².